The molecule has 0 aliphatic heterocycles. The van der Waals surface area contributed by atoms with Gasteiger partial charge in [0.2, 0.25) is 0 Å². The van der Waals surface area contributed by atoms with Gasteiger partial charge in [-0.05, 0) is 18.1 Å². The molecule has 5 nitrogen and oxygen atoms in total. The number of thiazole rings is 1. The highest BCUT2D eigenvalue weighted by atomic mass is 79.9. The Labute approximate surface area is 129 Å². The fourth-order valence-corrected chi connectivity index (χ4v) is 3.14. The Balaban J connectivity index is 2.05. The number of benzene rings is 1. The number of hydrogen-bond donors (Lipinski definition) is 1. The number of aromatic nitrogens is 1. The number of non-ortho nitro benzene ring substituents is 1. The Morgan fingerprint density at radius 3 is 2.90 bits per heavy atom. The van der Waals surface area contributed by atoms with Crippen LogP contribution in [0.4, 0.5) is 5.69 Å². The SMILES string of the molecule is CCC(NCc1ccc([N+](=O)[O-])cc1Br)c1nccs1. The van der Waals surface area contributed by atoms with Crippen LogP contribution in [-0.2, 0) is 6.54 Å². The monoisotopic (exact) mass is 355 g/mol. The number of nitro groups is 1. The quantitative estimate of drug-likeness (QED) is 0.626. The zero-order valence-corrected chi connectivity index (χ0v) is 13.3. The van der Waals surface area contributed by atoms with Gasteiger partial charge in [-0.1, -0.05) is 22.9 Å². The van der Waals surface area contributed by atoms with Gasteiger partial charge in [0.25, 0.3) is 5.69 Å². The van der Waals surface area contributed by atoms with E-state index in [1.165, 1.54) is 12.1 Å². The minimum atomic E-state index is -0.396. The molecule has 1 unspecified atom stereocenters. The summed E-state index contributed by atoms with van der Waals surface area (Å²) in [7, 11) is 0. The first kappa shape index (κ1) is 15.1. The summed E-state index contributed by atoms with van der Waals surface area (Å²) in [5, 5.41) is 17.1. The maximum absolute atomic E-state index is 10.7. The molecule has 1 aromatic heterocycles. The van der Waals surface area contributed by atoms with Crippen LogP contribution in [0.15, 0.2) is 34.2 Å². The summed E-state index contributed by atoms with van der Waals surface area (Å²) < 4.78 is 0.744. The highest BCUT2D eigenvalue weighted by Crippen LogP contribution is 2.24. The topological polar surface area (TPSA) is 68.1 Å². The number of nitrogens with zero attached hydrogens (tertiary/aromatic N) is 2. The molecule has 1 heterocycles. The van der Waals surface area contributed by atoms with E-state index in [9.17, 15) is 10.1 Å². The summed E-state index contributed by atoms with van der Waals surface area (Å²) in [6.45, 7) is 2.74. The van der Waals surface area contributed by atoms with E-state index in [1.807, 2.05) is 5.38 Å². The standard InChI is InChI=1S/C13H14BrN3O2S/c1-2-12(13-15-5-6-20-13)16-8-9-3-4-10(17(18)19)7-11(9)14/h3-7,12,16H,2,8H2,1H3. The third-order valence-electron chi connectivity index (χ3n) is 2.94. The molecule has 0 spiro atoms. The van der Waals surface area contributed by atoms with Crippen LogP contribution in [0.2, 0.25) is 0 Å². The summed E-state index contributed by atoms with van der Waals surface area (Å²) in [5.41, 5.74) is 1.08. The van der Waals surface area contributed by atoms with Gasteiger partial charge in [0.15, 0.2) is 0 Å². The second-order valence-electron chi connectivity index (χ2n) is 4.24. The van der Waals surface area contributed by atoms with E-state index < -0.39 is 4.92 Å². The Kier molecular flexibility index (Phi) is 5.22. The van der Waals surface area contributed by atoms with Crippen molar-refractivity contribution in [2.45, 2.75) is 25.9 Å². The van der Waals surface area contributed by atoms with Crippen LogP contribution in [0, 0.1) is 10.1 Å². The second kappa shape index (κ2) is 6.92. The van der Waals surface area contributed by atoms with E-state index in [0.29, 0.717) is 6.54 Å². The smallest absolute Gasteiger partial charge is 0.270 e. The third-order valence-corrected chi connectivity index (χ3v) is 4.57. The molecule has 7 heteroatoms. The van der Waals surface area contributed by atoms with E-state index in [0.717, 1.165) is 21.5 Å². The summed E-state index contributed by atoms with van der Waals surface area (Å²) in [5.74, 6) is 0. The molecule has 20 heavy (non-hydrogen) atoms. The molecule has 0 saturated heterocycles. The molecule has 106 valence electrons. The van der Waals surface area contributed by atoms with Crippen LogP contribution in [0.5, 0.6) is 0 Å². The average molecular weight is 356 g/mol. The predicted molar refractivity (Wildman–Crippen MR) is 82.8 cm³/mol. The predicted octanol–water partition coefficient (Wildman–Crippen LogP) is 4.05. The van der Waals surface area contributed by atoms with Gasteiger partial charge in [0.05, 0.1) is 11.0 Å². The molecule has 1 aromatic carbocycles. The van der Waals surface area contributed by atoms with Gasteiger partial charge >= 0.3 is 0 Å². The summed E-state index contributed by atoms with van der Waals surface area (Å²) in [6, 6.07) is 5.02. The number of nitro benzene ring substituents is 1. The average Bonchev–Trinajstić information content (AvgIpc) is 2.95. The van der Waals surface area contributed by atoms with Crippen LogP contribution >= 0.6 is 27.3 Å². The Hall–Kier alpha value is -1.31. The lowest BCUT2D eigenvalue weighted by Gasteiger charge is -2.15. The highest BCUT2D eigenvalue weighted by Gasteiger charge is 2.13. The van der Waals surface area contributed by atoms with Crippen molar-refractivity contribution in [1.29, 1.82) is 0 Å². The van der Waals surface area contributed by atoms with E-state index in [-0.39, 0.29) is 11.7 Å². The number of rotatable bonds is 6. The van der Waals surface area contributed by atoms with Crippen molar-refractivity contribution in [3.63, 3.8) is 0 Å². The lowest BCUT2D eigenvalue weighted by molar-refractivity contribution is -0.384. The third kappa shape index (κ3) is 3.62. The van der Waals surface area contributed by atoms with Crippen molar-refractivity contribution in [1.82, 2.24) is 10.3 Å². The fourth-order valence-electron chi connectivity index (χ4n) is 1.84. The molecular weight excluding hydrogens is 342 g/mol. The van der Waals surface area contributed by atoms with Gasteiger partial charge in [0, 0.05) is 34.7 Å². The molecule has 0 amide bonds. The zero-order valence-electron chi connectivity index (χ0n) is 10.9. The Morgan fingerprint density at radius 1 is 1.55 bits per heavy atom. The first-order valence-corrected chi connectivity index (χ1v) is 7.84. The lowest BCUT2D eigenvalue weighted by Crippen LogP contribution is -2.20. The van der Waals surface area contributed by atoms with Gasteiger partial charge in [-0.15, -0.1) is 11.3 Å². The first-order valence-electron chi connectivity index (χ1n) is 6.17. The largest absolute Gasteiger partial charge is 0.304 e. The van der Waals surface area contributed by atoms with Crippen molar-refractivity contribution in [3.05, 3.63) is 54.9 Å². The maximum atomic E-state index is 10.7. The van der Waals surface area contributed by atoms with Crippen LogP contribution in [0.3, 0.4) is 0 Å². The molecule has 0 fully saturated rings. The molecule has 2 rings (SSSR count). The van der Waals surface area contributed by atoms with Gasteiger partial charge in [0.1, 0.15) is 5.01 Å². The Bertz CT molecular complexity index is 589. The zero-order chi connectivity index (χ0) is 14.5. The number of halogens is 1. The fraction of sp³-hybridized carbons (Fsp3) is 0.308. The van der Waals surface area contributed by atoms with Crippen LogP contribution < -0.4 is 5.32 Å². The molecule has 2 aromatic rings. The van der Waals surface area contributed by atoms with E-state index in [4.69, 9.17) is 0 Å². The molecule has 0 bridgehead atoms. The van der Waals surface area contributed by atoms with E-state index in [2.05, 4.69) is 33.2 Å². The molecule has 1 N–H and O–H groups in total. The van der Waals surface area contributed by atoms with Crippen molar-refractivity contribution in [3.8, 4) is 0 Å². The van der Waals surface area contributed by atoms with E-state index >= 15 is 0 Å². The van der Waals surface area contributed by atoms with Crippen LogP contribution in [-0.4, -0.2) is 9.91 Å². The number of nitrogens with one attached hydrogen (secondary N) is 1. The number of hydrogen-bond acceptors (Lipinski definition) is 5. The van der Waals surface area contributed by atoms with Gasteiger partial charge in [-0.3, -0.25) is 10.1 Å². The molecule has 0 saturated carbocycles. The molecule has 0 aliphatic carbocycles. The minimum Gasteiger partial charge on any atom is -0.304 e. The lowest BCUT2D eigenvalue weighted by atomic mass is 10.1. The van der Waals surface area contributed by atoms with Crippen molar-refractivity contribution in [2.24, 2.45) is 0 Å². The summed E-state index contributed by atoms with van der Waals surface area (Å²) in [4.78, 5) is 14.6. The molecule has 0 radical (unpaired) electrons. The highest BCUT2D eigenvalue weighted by molar-refractivity contribution is 9.10. The van der Waals surface area contributed by atoms with E-state index in [1.54, 1.807) is 23.6 Å². The van der Waals surface area contributed by atoms with Crippen LogP contribution in [0.1, 0.15) is 30.0 Å². The summed E-state index contributed by atoms with van der Waals surface area (Å²) >= 11 is 5.01. The van der Waals surface area contributed by atoms with Gasteiger partial charge in [-0.2, -0.15) is 0 Å². The van der Waals surface area contributed by atoms with Crippen molar-refractivity contribution < 1.29 is 4.92 Å². The minimum absolute atomic E-state index is 0.0904. The summed E-state index contributed by atoms with van der Waals surface area (Å²) in [6.07, 6.45) is 2.74. The molecule has 0 aliphatic rings. The first-order chi connectivity index (χ1) is 9.61. The molecular formula is C13H14BrN3O2S. The van der Waals surface area contributed by atoms with Crippen molar-refractivity contribution >= 4 is 33.0 Å². The Morgan fingerprint density at radius 2 is 2.35 bits per heavy atom. The second-order valence-corrected chi connectivity index (χ2v) is 6.03. The van der Waals surface area contributed by atoms with Crippen LogP contribution in [0.25, 0.3) is 0 Å². The molecule has 1 atom stereocenters. The maximum Gasteiger partial charge on any atom is 0.270 e. The van der Waals surface area contributed by atoms with Crippen molar-refractivity contribution in [2.75, 3.05) is 0 Å². The van der Waals surface area contributed by atoms with Gasteiger partial charge in [-0.25, -0.2) is 4.98 Å². The normalized spacial score (nSPS) is 12.3. The van der Waals surface area contributed by atoms with Gasteiger partial charge < -0.3 is 5.32 Å².